The monoisotopic (exact) mass is 618 g/mol. The van der Waals surface area contributed by atoms with Gasteiger partial charge < -0.3 is 39.5 Å². The van der Waals surface area contributed by atoms with Crippen LogP contribution < -0.4 is 14.4 Å². The molecule has 2 aliphatic heterocycles. The summed E-state index contributed by atoms with van der Waals surface area (Å²) in [7, 11) is 1.69. The molecule has 4 N–H and O–H groups in total. The lowest BCUT2D eigenvalue weighted by Crippen LogP contribution is -2.42. The molecule has 2 aromatic rings. The minimum atomic E-state index is -2.74. The number of carbonyl (C=O) groups is 3. The molecule has 0 bridgehead atoms. The van der Waals surface area contributed by atoms with Crippen molar-refractivity contribution in [2.24, 2.45) is 0 Å². The highest BCUT2D eigenvalue weighted by atomic mass is 16.5. The Kier molecular flexibility index (Phi) is 12.3. The van der Waals surface area contributed by atoms with Crippen LogP contribution in [-0.4, -0.2) is 105 Å². The second-order valence-electron chi connectivity index (χ2n) is 10.9. The maximum atomic E-state index is 10.3. The number of methoxy groups -OCH3 is 1. The predicted molar refractivity (Wildman–Crippen MR) is 158 cm³/mol. The van der Waals surface area contributed by atoms with E-state index in [0.717, 1.165) is 75.5 Å². The number of benzene rings is 1. The largest absolute Gasteiger partial charge is 0.493 e. The number of hydrogen-bond acceptors (Lipinski definition) is 11. The molecule has 0 aliphatic carbocycles. The van der Waals surface area contributed by atoms with Gasteiger partial charge in [-0.15, -0.1) is 0 Å². The third-order valence-corrected chi connectivity index (χ3v) is 7.19. The standard InChI is InChI=1S/C24H34N4O3.C6H8O7/c1-5-31-21-7-6-18(14-22(21)29-4)15-27-9-8-19-20(16-27)25-23(17(2)3)26-24(19)28-10-12-30-13-11-28;7-3(8)1-6(13,5(11)12)2-4(9)10/h6-7,14,17H,5,8-13,15-16H2,1-4H3;13H,1-2H2,(H,7,8)(H,9,10)(H,11,12). The average molecular weight is 619 g/mol. The number of aromatic nitrogens is 2. The van der Waals surface area contributed by atoms with E-state index < -0.39 is 36.4 Å². The van der Waals surface area contributed by atoms with E-state index in [-0.39, 0.29) is 0 Å². The van der Waals surface area contributed by atoms with Gasteiger partial charge in [-0.05, 0) is 31.0 Å². The maximum absolute atomic E-state index is 10.3. The zero-order valence-electron chi connectivity index (χ0n) is 25.6. The number of rotatable bonds is 12. The lowest BCUT2D eigenvalue weighted by molar-refractivity contribution is -0.170. The fourth-order valence-corrected chi connectivity index (χ4v) is 4.97. The summed E-state index contributed by atoms with van der Waals surface area (Å²) in [6.45, 7) is 13.0. The number of aliphatic hydroxyl groups is 1. The molecular weight excluding hydrogens is 576 g/mol. The zero-order valence-corrected chi connectivity index (χ0v) is 25.6. The summed E-state index contributed by atoms with van der Waals surface area (Å²) in [5, 5.41) is 33.8. The Labute approximate surface area is 256 Å². The van der Waals surface area contributed by atoms with Crippen molar-refractivity contribution in [3.63, 3.8) is 0 Å². The van der Waals surface area contributed by atoms with Gasteiger partial charge >= 0.3 is 17.9 Å². The second-order valence-corrected chi connectivity index (χ2v) is 10.9. The van der Waals surface area contributed by atoms with Crippen LogP contribution in [0.15, 0.2) is 18.2 Å². The third kappa shape index (κ3) is 9.24. The van der Waals surface area contributed by atoms with E-state index in [0.29, 0.717) is 12.5 Å². The molecule has 4 rings (SSSR count). The van der Waals surface area contributed by atoms with Crippen molar-refractivity contribution in [2.75, 3.05) is 51.5 Å². The van der Waals surface area contributed by atoms with E-state index in [4.69, 9.17) is 44.6 Å². The summed E-state index contributed by atoms with van der Waals surface area (Å²) < 4.78 is 16.7. The predicted octanol–water partition coefficient (Wildman–Crippen LogP) is 2.15. The minimum Gasteiger partial charge on any atom is -0.493 e. The van der Waals surface area contributed by atoms with E-state index in [1.54, 1.807) is 7.11 Å². The number of ether oxygens (including phenoxy) is 3. The van der Waals surface area contributed by atoms with Crippen LogP contribution in [0.4, 0.5) is 5.82 Å². The topological polar surface area (TPSA) is 192 Å². The van der Waals surface area contributed by atoms with Crippen molar-refractivity contribution in [3.8, 4) is 11.5 Å². The van der Waals surface area contributed by atoms with Gasteiger partial charge in [-0.25, -0.2) is 14.8 Å². The summed E-state index contributed by atoms with van der Waals surface area (Å²) in [6, 6.07) is 6.21. The molecule has 1 aromatic carbocycles. The fraction of sp³-hybridized carbons (Fsp3) is 0.567. The van der Waals surface area contributed by atoms with Crippen molar-refractivity contribution in [1.29, 1.82) is 0 Å². The summed E-state index contributed by atoms with van der Waals surface area (Å²) in [4.78, 5) is 45.3. The molecule has 14 nitrogen and oxygen atoms in total. The summed E-state index contributed by atoms with van der Waals surface area (Å²) in [5.41, 5.74) is 0.962. The molecule has 0 saturated carbocycles. The quantitative estimate of drug-likeness (QED) is 0.270. The number of carboxylic acid groups (broad SMARTS) is 3. The first-order valence-corrected chi connectivity index (χ1v) is 14.5. The number of aliphatic carboxylic acids is 3. The molecule has 2 aliphatic rings. The Bertz CT molecular complexity index is 1300. The molecular formula is C30H42N4O10. The molecule has 3 heterocycles. The molecule has 0 spiro atoms. The summed E-state index contributed by atoms with van der Waals surface area (Å²) in [5.74, 6) is -1.08. The number of morpholine rings is 1. The van der Waals surface area contributed by atoms with Crippen LogP contribution in [-0.2, 0) is 38.6 Å². The fourth-order valence-electron chi connectivity index (χ4n) is 4.97. The first-order valence-electron chi connectivity index (χ1n) is 14.5. The van der Waals surface area contributed by atoms with E-state index in [9.17, 15) is 14.4 Å². The van der Waals surface area contributed by atoms with E-state index in [1.165, 1.54) is 16.8 Å². The number of carboxylic acids is 3. The molecule has 0 amide bonds. The first-order chi connectivity index (χ1) is 20.9. The number of fused-ring (bicyclic) bond motifs is 1. The molecule has 0 unspecified atom stereocenters. The van der Waals surface area contributed by atoms with Gasteiger partial charge in [0.05, 0.1) is 45.5 Å². The van der Waals surface area contributed by atoms with E-state index in [1.807, 2.05) is 13.0 Å². The van der Waals surface area contributed by atoms with Crippen LogP contribution in [0.2, 0.25) is 0 Å². The van der Waals surface area contributed by atoms with Crippen LogP contribution >= 0.6 is 0 Å². The van der Waals surface area contributed by atoms with E-state index in [2.05, 4.69) is 35.8 Å². The smallest absolute Gasteiger partial charge is 0.336 e. The summed E-state index contributed by atoms with van der Waals surface area (Å²) >= 11 is 0. The lowest BCUT2D eigenvalue weighted by Gasteiger charge is -2.34. The molecule has 44 heavy (non-hydrogen) atoms. The van der Waals surface area contributed by atoms with Gasteiger partial charge in [-0.2, -0.15) is 0 Å². The van der Waals surface area contributed by atoms with Crippen molar-refractivity contribution in [3.05, 3.63) is 40.8 Å². The van der Waals surface area contributed by atoms with Crippen molar-refractivity contribution < 1.29 is 49.0 Å². The van der Waals surface area contributed by atoms with Gasteiger partial charge in [0.2, 0.25) is 0 Å². The van der Waals surface area contributed by atoms with Crippen molar-refractivity contribution in [1.82, 2.24) is 14.9 Å². The SMILES string of the molecule is CCOc1ccc(CN2CCc3c(nc(C(C)C)nc3N3CCOCC3)C2)cc1OC.O=C(O)CC(O)(CC(=O)O)C(=O)O. The third-order valence-electron chi connectivity index (χ3n) is 7.19. The Morgan fingerprint density at radius 2 is 1.68 bits per heavy atom. The van der Waals surface area contributed by atoms with Gasteiger partial charge in [0.15, 0.2) is 17.1 Å². The molecule has 14 heteroatoms. The molecule has 0 radical (unpaired) electrons. The van der Waals surface area contributed by atoms with Crippen LogP contribution in [0.3, 0.4) is 0 Å². The normalized spacial score (nSPS) is 15.2. The number of nitrogens with zero attached hydrogens (tertiary/aromatic N) is 4. The molecule has 1 saturated heterocycles. The highest BCUT2D eigenvalue weighted by Gasteiger charge is 2.40. The van der Waals surface area contributed by atoms with Crippen LogP contribution in [0.1, 0.15) is 62.2 Å². The Morgan fingerprint density at radius 1 is 1.02 bits per heavy atom. The average Bonchev–Trinajstić information content (AvgIpc) is 2.97. The van der Waals surface area contributed by atoms with Crippen molar-refractivity contribution >= 4 is 23.7 Å². The molecule has 242 valence electrons. The van der Waals surface area contributed by atoms with Crippen LogP contribution in [0.5, 0.6) is 11.5 Å². The number of anilines is 1. The first kappa shape index (κ1) is 34.5. The molecule has 1 fully saturated rings. The Balaban J connectivity index is 0.000000345. The van der Waals surface area contributed by atoms with Crippen molar-refractivity contribution in [2.45, 2.75) is 64.6 Å². The second kappa shape index (κ2) is 15.6. The van der Waals surface area contributed by atoms with Crippen LogP contribution in [0, 0.1) is 0 Å². The van der Waals surface area contributed by atoms with Gasteiger partial charge in [0, 0.05) is 44.2 Å². The van der Waals surface area contributed by atoms with Gasteiger partial charge in [0.25, 0.3) is 0 Å². The zero-order chi connectivity index (χ0) is 32.4. The van der Waals surface area contributed by atoms with E-state index >= 15 is 0 Å². The van der Waals surface area contributed by atoms with Gasteiger partial charge in [0.1, 0.15) is 11.6 Å². The highest BCUT2D eigenvalue weighted by Crippen LogP contribution is 2.32. The van der Waals surface area contributed by atoms with Crippen LogP contribution in [0.25, 0.3) is 0 Å². The maximum Gasteiger partial charge on any atom is 0.336 e. The Morgan fingerprint density at radius 3 is 2.23 bits per heavy atom. The minimum absolute atomic E-state index is 0.302. The lowest BCUT2D eigenvalue weighted by atomic mass is 9.96. The van der Waals surface area contributed by atoms with Gasteiger partial charge in [-0.3, -0.25) is 14.5 Å². The molecule has 0 atom stereocenters. The highest BCUT2D eigenvalue weighted by molar-refractivity contribution is 5.88. The van der Waals surface area contributed by atoms with Gasteiger partial charge in [-0.1, -0.05) is 19.9 Å². The molecule has 1 aromatic heterocycles. The Hall–Kier alpha value is -4.01. The number of hydrogen-bond donors (Lipinski definition) is 4. The summed E-state index contributed by atoms with van der Waals surface area (Å²) in [6.07, 6.45) is -1.32.